The van der Waals surface area contributed by atoms with Gasteiger partial charge in [0.25, 0.3) is 0 Å². The van der Waals surface area contributed by atoms with Crippen LogP contribution >= 0.6 is 31.9 Å². The Morgan fingerprint density at radius 3 is 1.29 bits per heavy atom. The lowest BCUT2D eigenvalue weighted by molar-refractivity contribution is -0.115. The van der Waals surface area contributed by atoms with E-state index >= 15 is 0 Å². The first-order valence-electron chi connectivity index (χ1n) is 16.0. The maximum atomic E-state index is 12.6. The van der Waals surface area contributed by atoms with E-state index in [2.05, 4.69) is 62.0 Å². The Bertz CT molecular complexity index is 2810. The third kappa shape index (κ3) is 8.40. The fraction of sp³-hybridized carbons (Fsp3) is 0.0541. The number of fused-ring (bicyclic) bond motifs is 6. The molecule has 1 amide bonds. The molecule has 4 aromatic carbocycles. The second-order valence-electron chi connectivity index (χ2n) is 12.0. The van der Waals surface area contributed by atoms with Crippen molar-refractivity contribution in [3.8, 4) is 11.5 Å². The number of hydrogen-bond donors (Lipinski definition) is 6. The van der Waals surface area contributed by atoms with Gasteiger partial charge in [-0.2, -0.15) is 10.2 Å². The molecule has 8 aromatic rings. The van der Waals surface area contributed by atoms with Crippen molar-refractivity contribution in [1.29, 1.82) is 0 Å². The van der Waals surface area contributed by atoms with Gasteiger partial charge in [0, 0.05) is 44.8 Å². The zero-order chi connectivity index (χ0) is 39.4. The van der Waals surface area contributed by atoms with Crippen LogP contribution in [0.3, 0.4) is 0 Å². The van der Waals surface area contributed by atoms with E-state index in [1.807, 2.05) is 36.4 Å². The molecule has 0 aliphatic carbocycles. The molecule has 6 N–H and O–H groups in total. The standard InChI is InChI=1S/2C17H11BrN4O3.C3H7NO/c2*18-10-3-6-13-12(7-10)14-15(20-13)16(24)22(17(25)21-14)19-8-9-1-4-11(23)5-2-9;1-4(2)3-5/h2*1-8,20,23H,(H,21,25);3H,1-2H3/b2*19-8+;. The highest BCUT2D eigenvalue weighted by Gasteiger charge is 2.14. The van der Waals surface area contributed by atoms with E-state index in [1.54, 1.807) is 38.4 Å². The van der Waals surface area contributed by atoms with Crippen LogP contribution in [0.1, 0.15) is 11.1 Å². The monoisotopic (exact) mass is 869 g/mol. The van der Waals surface area contributed by atoms with Crippen LogP contribution in [-0.4, -0.2) is 77.3 Å². The first-order chi connectivity index (χ1) is 26.3. The number of phenols is 2. The average molecular weight is 872 g/mol. The predicted octanol–water partition coefficient (Wildman–Crippen LogP) is 4.75. The highest BCUT2D eigenvalue weighted by molar-refractivity contribution is 9.10. The lowest BCUT2D eigenvalue weighted by Crippen LogP contribution is -2.32. The Labute approximate surface area is 325 Å². The minimum absolute atomic E-state index is 0.123. The van der Waals surface area contributed by atoms with Crippen LogP contribution < -0.4 is 22.5 Å². The van der Waals surface area contributed by atoms with Gasteiger partial charge in [-0.05, 0) is 96.1 Å². The summed E-state index contributed by atoms with van der Waals surface area (Å²) >= 11 is 6.76. The summed E-state index contributed by atoms with van der Waals surface area (Å²) in [6.07, 6.45) is 3.50. The molecule has 278 valence electrons. The van der Waals surface area contributed by atoms with E-state index in [0.29, 0.717) is 22.2 Å². The topological polar surface area (TPSA) is 227 Å². The van der Waals surface area contributed by atoms with Crippen molar-refractivity contribution in [1.82, 2.24) is 34.2 Å². The van der Waals surface area contributed by atoms with Crippen LogP contribution in [0, 0.1) is 0 Å². The molecule has 0 saturated heterocycles. The maximum Gasteiger partial charge on any atom is 0.350 e. The maximum absolute atomic E-state index is 12.6. The fourth-order valence-corrected chi connectivity index (χ4v) is 5.93. The number of aromatic nitrogens is 6. The molecular weight excluding hydrogens is 842 g/mol. The molecule has 8 rings (SSSR count). The Kier molecular flexibility index (Phi) is 11.1. The summed E-state index contributed by atoms with van der Waals surface area (Å²) in [6, 6.07) is 23.4. The van der Waals surface area contributed by atoms with Crippen molar-refractivity contribution in [3.63, 3.8) is 0 Å². The van der Waals surface area contributed by atoms with E-state index in [9.17, 15) is 34.2 Å². The summed E-state index contributed by atoms with van der Waals surface area (Å²) in [5.41, 5.74) is 1.87. The number of H-pyrrole nitrogens is 4. The number of halogens is 2. The van der Waals surface area contributed by atoms with E-state index in [-0.39, 0.29) is 22.5 Å². The summed E-state index contributed by atoms with van der Waals surface area (Å²) in [4.78, 5) is 72.1. The van der Waals surface area contributed by atoms with Crippen molar-refractivity contribution in [2.45, 2.75) is 0 Å². The van der Waals surface area contributed by atoms with Crippen LogP contribution in [-0.2, 0) is 4.79 Å². The number of phenolic OH excluding ortho intramolecular Hbond substituents is 2. The van der Waals surface area contributed by atoms with Crippen LogP contribution in [0.4, 0.5) is 0 Å². The van der Waals surface area contributed by atoms with Gasteiger partial charge in [0.15, 0.2) is 0 Å². The molecule has 0 atom stereocenters. The van der Waals surface area contributed by atoms with Gasteiger partial charge in [-0.3, -0.25) is 14.4 Å². The molecule has 0 spiro atoms. The second-order valence-corrected chi connectivity index (χ2v) is 13.8. The predicted molar refractivity (Wildman–Crippen MR) is 219 cm³/mol. The summed E-state index contributed by atoms with van der Waals surface area (Å²) < 4.78 is 3.21. The lowest BCUT2D eigenvalue weighted by Gasteiger charge is -1.98. The number of benzene rings is 4. The highest BCUT2D eigenvalue weighted by Crippen LogP contribution is 2.25. The number of nitrogens with one attached hydrogen (secondary N) is 4. The van der Waals surface area contributed by atoms with Crippen molar-refractivity contribution in [2.75, 3.05) is 14.1 Å². The van der Waals surface area contributed by atoms with E-state index in [1.165, 1.54) is 41.6 Å². The van der Waals surface area contributed by atoms with Gasteiger partial charge in [-0.1, -0.05) is 31.9 Å². The van der Waals surface area contributed by atoms with E-state index < -0.39 is 22.5 Å². The van der Waals surface area contributed by atoms with Crippen LogP contribution in [0.2, 0.25) is 0 Å². The van der Waals surface area contributed by atoms with Gasteiger partial charge >= 0.3 is 22.5 Å². The average Bonchev–Trinajstić information content (AvgIpc) is 3.71. The minimum Gasteiger partial charge on any atom is -0.508 e. The largest absolute Gasteiger partial charge is 0.508 e. The normalized spacial score (nSPS) is 11.3. The van der Waals surface area contributed by atoms with Crippen LogP contribution in [0.15, 0.2) is 123 Å². The van der Waals surface area contributed by atoms with Gasteiger partial charge in [-0.25, -0.2) is 9.59 Å². The molecule has 4 aromatic heterocycles. The van der Waals surface area contributed by atoms with Crippen molar-refractivity contribution >= 4 is 94.6 Å². The van der Waals surface area contributed by atoms with Crippen molar-refractivity contribution in [2.24, 2.45) is 10.2 Å². The molecule has 0 saturated carbocycles. The number of amides is 1. The Balaban J connectivity index is 0.000000167. The summed E-state index contributed by atoms with van der Waals surface area (Å²) in [5.74, 6) is 0.246. The molecule has 55 heavy (non-hydrogen) atoms. The molecule has 16 nitrogen and oxygen atoms in total. The summed E-state index contributed by atoms with van der Waals surface area (Å²) in [6.45, 7) is 0. The zero-order valence-electron chi connectivity index (χ0n) is 28.7. The minimum atomic E-state index is -0.631. The zero-order valence-corrected chi connectivity index (χ0v) is 31.9. The molecule has 0 fully saturated rings. The number of nitrogens with zero attached hydrogens (tertiary/aromatic N) is 5. The van der Waals surface area contributed by atoms with E-state index in [0.717, 1.165) is 46.5 Å². The van der Waals surface area contributed by atoms with Gasteiger partial charge in [0.1, 0.15) is 22.5 Å². The van der Waals surface area contributed by atoms with Gasteiger partial charge in [0.2, 0.25) is 6.41 Å². The quantitative estimate of drug-likeness (QED) is 0.105. The van der Waals surface area contributed by atoms with Gasteiger partial charge < -0.3 is 35.0 Å². The third-order valence-electron chi connectivity index (χ3n) is 7.82. The Morgan fingerprint density at radius 2 is 0.945 bits per heavy atom. The number of carbonyl (C=O) groups is 1. The number of aromatic amines is 4. The SMILES string of the molecule is CN(C)C=O.O=c1[nH]c2c([nH]c3ccc(Br)cc32)c(=O)n1/N=C/c1ccc(O)cc1.O=c1[nH]c2c([nH]c3ccc(Br)cc32)c(=O)n1/N=C/c1ccc(O)cc1. The summed E-state index contributed by atoms with van der Waals surface area (Å²) in [5, 5.41) is 28.0. The molecule has 0 radical (unpaired) electrons. The third-order valence-corrected chi connectivity index (χ3v) is 8.81. The number of aromatic hydroxyl groups is 2. The van der Waals surface area contributed by atoms with Crippen molar-refractivity contribution < 1.29 is 15.0 Å². The van der Waals surface area contributed by atoms with Crippen molar-refractivity contribution in [3.05, 3.63) is 147 Å². The summed E-state index contributed by atoms with van der Waals surface area (Å²) in [7, 11) is 3.38. The smallest absolute Gasteiger partial charge is 0.350 e. The van der Waals surface area contributed by atoms with Crippen LogP contribution in [0.25, 0.3) is 43.9 Å². The number of carbonyl (C=O) groups excluding carboxylic acids is 1. The second kappa shape index (κ2) is 16.1. The molecule has 4 heterocycles. The molecule has 0 aliphatic heterocycles. The van der Waals surface area contributed by atoms with Crippen LogP contribution in [0.5, 0.6) is 11.5 Å². The molecule has 18 heteroatoms. The van der Waals surface area contributed by atoms with Gasteiger partial charge in [-0.15, -0.1) is 9.35 Å². The van der Waals surface area contributed by atoms with E-state index in [4.69, 9.17) is 0 Å². The number of hydrogen-bond acceptors (Lipinski definition) is 9. The molecular formula is C37H29Br2N9O7. The molecule has 0 bridgehead atoms. The Hall–Kier alpha value is -6.79. The Morgan fingerprint density at radius 1 is 0.582 bits per heavy atom. The first kappa shape index (κ1) is 38.0. The van der Waals surface area contributed by atoms with Gasteiger partial charge in [0.05, 0.1) is 23.5 Å². The first-order valence-corrected chi connectivity index (χ1v) is 17.6. The fourth-order valence-electron chi connectivity index (χ4n) is 5.20. The number of rotatable bonds is 5. The molecule has 0 aliphatic rings. The molecule has 0 unspecified atom stereocenters. The lowest BCUT2D eigenvalue weighted by atomic mass is 10.2. The highest BCUT2D eigenvalue weighted by atomic mass is 79.9.